The van der Waals surface area contributed by atoms with E-state index in [4.69, 9.17) is 32.7 Å². The number of anilines is 2. The predicted molar refractivity (Wildman–Crippen MR) is 93.3 cm³/mol. The maximum Gasteiger partial charge on any atom is 0.314 e. The zero-order valence-electron chi connectivity index (χ0n) is 12.9. The van der Waals surface area contributed by atoms with Gasteiger partial charge < -0.3 is 20.1 Å². The molecule has 2 N–H and O–H groups in total. The molecule has 8 heteroatoms. The monoisotopic (exact) mass is 368 g/mol. The molecule has 2 aromatic rings. The normalized spacial score (nSPS) is 10.0. The van der Waals surface area contributed by atoms with Crippen LogP contribution in [0.5, 0.6) is 11.5 Å². The SMILES string of the molecule is COc1ccc(NC(=O)C(=O)Nc2cccc(Cl)c2Cl)cc1OC. The minimum Gasteiger partial charge on any atom is -0.493 e. The van der Waals surface area contributed by atoms with Crippen molar-refractivity contribution in [1.29, 1.82) is 0 Å². The topological polar surface area (TPSA) is 76.7 Å². The Labute approximate surface area is 148 Å². The van der Waals surface area contributed by atoms with Crippen LogP contribution in [0.4, 0.5) is 11.4 Å². The van der Waals surface area contributed by atoms with E-state index in [2.05, 4.69) is 10.6 Å². The lowest BCUT2D eigenvalue weighted by molar-refractivity contribution is -0.132. The third-order valence-electron chi connectivity index (χ3n) is 3.05. The molecule has 0 aromatic heterocycles. The number of hydrogen-bond donors (Lipinski definition) is 2. The highest BCUT2D eigenvalue weighted by molar-refractivity contribution is 6.47. The zero-order chi connectivity index (χ0) is 17.7. The molecular weight excluding hydrogens is 355 g/mol. The highest BCUT2D eigenvalue weighted by atomic mass is 35.5. The summed E-state index contributed by atoms with van der Waals surface area (Å²) in [5, 5.41) is 5.29. The summed E-state index contributed by atoms with van der Waals surface area (Å²) in [5.74, 6) is -0.813. The predicted octanol–water partition coefficient (Wildman–Crippen LogP) is 3.59. The first-order valence-corrected chi connectivity index (χ1v) is 7.50. The van der Waals surface area contributed by atoms with Gasteiger partial charge in [-0.25, -0.2) is 0 Å². The van der Waals surface area contributed by atoms with Crippen LogP contribution in [0.25, 0.3) is 0 Å². The van der Waals surface area contributed by atoms with Crippen molar-refractivity contribution in [2.75, 3.05) is 24.9 Å². The van der Waals surface area contributed by atoms with Crippen LogP contribution in [-0.2, 0) is 9.59 Å². The molecule has 0 aliphatic heterocycles. The van der Waals surface area contributed by atoms with E-state index in [0.717, 1.165) is 0 Å². The number of hydrogen-bond acceptors (Lipinski definition) is 4. The Morgan fingerprint density at radius 3 is 2.25 bits per heavy atom. The summed E-state index contributed by atoms with van der Waals surface area (Å²) in [6.07, 6.45) is 0. The van der Waals surface area contributed by atoms with Crippen LogP contribution in [-0.4, -0.2) is 26.0 Å². The molecule has 0 spiro atoms. The molecule has 0 atom stereocenters. The fourth-order valence-corrected chi connectivity index (χ4v) is 2.23. The van der Waals surface area contributed by atoms with E-state index in [-0.39, 0.29) is 15.7 Å². The zero-order valence-corrected chi connectivity index (χ0v) is 14.4. The van der Waals surface area contributed by atoms with Crippen molar-refractivity contribution < 1.29 is 19.1 Å². The smallest absolute Gasteiger partial charge is 0.314 e. The van der Waals surface area contributed by atoms with E-state index >= 15 is 0 Å². The minimum absolute atomic E-state index is 0.159. The van der Waals surface area contributed by atoms with Crippen LogP contribution < -0.4 is 20.1 Å². The first-order valence-electron chi connectivity index (χ1n) is 6.74. The van der Waals surface area contributed by atoms with Gasteiger partial charge in [0.15, 0.2) is 11.5 Å². The van der Waals surface area contributed by atoms with Crippen molar-refractivity contribution >= 4 is 46.4 Å². The van der Waals surface area contributed by atoms with Crippen LogP contribution in [0.2, 0.25) is 10.0 Å². The van der Waals surface area contributed by atoms with Gasteiger partial charge in [0.25, 0.3) is 0 Å². The van der Waals surface area contributed by atoms with Crippen molar-refractivity contribution in [2.24, 2.45) is 0 Å². The average molecular weight is 369 g/mol. The minimum atomic E-state index is -0.881. The van der Waals surface area contributed by atoms with E-state index in [1.54, 1.807) is 24.3 Å². The first kappa shape index (κ1) is 17.9. The Morgan fingerprint density at radius 2 is 1.58 bits per heavy atom. The van der Waals surface area contributed by atoms with Gasteiger partial charge in [-0.05, 0) is 24.3 Å². The van der Waals surface area contributed by atoms with E-state index < -0.39 is 11.8 Å². The number of nitrogens with one attached hydrogen (secondary N) is 2. The standard InChI is InChI=1S/C16H14Cl2N2O4/c1-23-12-7-6-9(8-13(12)24-2)19-15(21)16(22)20-11-5-3-4-10(17)14(11)18/h3-8H,1-2H3,(H,19,21)(H,20,22). The fraction of sp³-hybridized carbons (Fsp3) is 0.125. The highest BCUT2D eigenvalue weighted by Gasteiger charge is 2.17. The second-order valence-corrected chi connectivity index (χ2v) is 5.36. The van der Waals surface area contributed by atoms with E-state index in [1.807, 2.05) is 0 Å². The van der Waals surface area contributed by atoms with E-state index in [0.29, 0.717) is 17.2 Å². The van der Waals surface area contributed by atoms with Crippen LogP contribution in [0.3, 0.4) is 0 Å². The van der Waals surface area contributed by atoms with Gasteiger partial charge in [0.1, 0.15) is 0 Å². The van der Waals surface area contributed by atoms with E-state index in [1.165, 1.54) is 26.4 Å². The molecule has 0 unspecified atom stereocenters. The van der Waals surface area contributed by atoms with E-state index in [9.17, 15) is 9.59 Å². The van der Waals surface area contributed by atoms with Crippen molar-refractivity contribution in [3.8, 4) is 11.5 Å². The summed E-state index contributed by atoms with van der Waals surface area (Å²) in [6, 6.07) is 9.45. The largest absolute Gasteiger partial charge is 0.493 e. The molecule has 2 aromatic carbocycles. The molecule has 0 bridgehead atoms. The van der Waals surface area contributed by atoms with Crippen LogP contribution in [0.15, 0.2) is 36.4 Å². The average Bonchev–Trinajstić information content (AvgIpc) is 2.58. The number of ether oxygens (including phenoxy) is 2. The molecule has 2 amide bonds. The Balaban J connectivity index is 2.09. The third-order valence-corrected chi connectivity index (χ3v) is 3.87. The van der Waals surface area contributed by atoms with Crippen molar-refractivity contribution in [3.63, 3.8) is 0 Å². The molecule has 2 rings (SSSR count). The van der Waals surface area contributed by atoms with Gasteiger partial charge >= 0.3 is 11.8 Å². The number of halogens is 2. The number of benzene rings is 2. The van der Waals surface area contributed by atoms with Gasteiger partial charge in [0.2, 0.25) is 0 Å². The summed E-state index contributed by atoms with van der Waals surface area (Å²) in [7, 11) is 2.97. The number of methoxy groups -OCH3 is 2. The summed E-state index contributed by atoms with van der Waals surface area (Å²) in [4.78, 5) is 24.0. The Kier molecular flexibility index (Phi) is 5.89. The van der Waals surface area contributed by atoms with Gasteiger partial charge in [-0.1, -0.05) is 29.3 Å². The van der Waals surface area contributed by atoms with Gasteiger partial charge in [-0.15, -0.1) is 0 Å². The lowest BCUT2D eigenvalue weighted by Gasteiger charge is -2.11. The maximum atomic E-state index is 12.0. The molecule has 0 radical (unpaired) electrons. The number of carbonyl (C=O) groups is 2. The lowest BCUT2D eigenvalue weighted by Crippen LogP contribution is -2.29. The molecule has 0 fully saturated rings. The van der Waals surface area contributed by atoms with Gasteiger partial charge in [0, 0.05) is 11.8 Å². The first-order chi connectivity index (χ1) is 11.5. The fourth-order valence-electron chi connectivity index (χ4n) is 1.88. The summed E-state index contributed by atoms with van der Waals surface area (Å²) < 4.78 is 10.2. The molecule has 0 heterocycles. The molecule has 24 heavy (non-hydrogen) atoms. The summed E-state index contributed by atoms with van der Waals surface area (Å²) in [5.41, 5.74) is 0.626. The highest BCUT2D eigenvalue weighted by Crippen LogP contribution is 2.30. The van der Waals surface area contributed by atoms with Crippen molar-refractivity contribution in [1.82, 2.24) is 0 Å². The lowest BCUT2D eigenvalue weighted by atomic mass is 10.2. The molecule has 0 saturated heterocycles. The van der Waals surface area contributed by atoms with Crippen molar-refractivity contribution in [3.05, 3.63) is 46.4 Å². The molecule has 0 aliphatic rings. The van der Waals surface area contributed by atoms with Gasteiger partial charge in [-0.2, -0.15) is 0 Å². The van der Waals surface area contributed by atoms with Gasteiger partial charge in [-0.3, -0.25) is 9.59 Å². The maximum absolute atomic E-state index is 12.0. The quantitative estimate of drug-likeness (QED) is 0.808. The number of amides is 2. The Bertz CT molecular complexity index is 781. The second-order valence-electron chi connectivity index (χ2n) is 4.58. The van der Waals surface area contributed by atoms with Crippen molar-refractivity contribution in [2.45, 2.75) is 0 Å². The van der Waals surface area contributed by atoms with Gasteiger partial charge in [0.05, 0.1) is 30.0 Å². The summed E-state index contributed by atoms with van der Waals surface area (Å²) >= 11 is 11.8. The second kappa shape index (κ2) is 7.90. The molecule has 126 valence electrons. The molecule has 0 saturated carbocycles. The van der Waals surface area contributed by atoms with Crippen LogP contribution in [0, 0.1) is 0 Å². The summed E-state index contributed by atoms with van der Waals surface area (Å²) in [6.45, 7) is 0. The molecular formula is C16H14Cl2N2O4. The van der Waals surface area contributed by atoms with Crippen LogP contribution in [0.1, 0.15) is 0 Å². The molecule has 6 nitrogen and oxygen atoms in total. The number of carbonyl (C=O) groups excluding carboxylic acids is 2. The Morgan fingerprint density at radius 1 is 0.917 bits per heavy atom. The third kappa shape index (κ3) is 4.10. The molecule has 0 aliphatic carbocycles. The van der Waals surface area contributed by atoms with Crippen LogP contribution >= 0.6 is 23.2 Å². The number of rotatable bonds is 4. The Hall–Kier alpha value is -2.44.